The maximum Gasteiger partial charge on any atom is 0.129 e. The predicted molar refractivity (Wildman–Crippen MR) is 54.7 cm³/mol. The zero-order valence-corrected chi connectivity index (χ0v) is 8.89. The third kappa shape index (κ3) is 3.83. The maximum atomic E-state index is 12.8. The molecule has 0 amide bonds. The van der Waals surface area contributed by atoms with Gasteiger partial charge in [-0.15, -0.1) is 0 Å². The molecule has 0 aromatic heterocycles. The van der Waals surface area contributed by atoms with Crippen LogP contribution in [-0.4, -0.2) is 13.2 Å². The lowest BCUT2D eigenvalue weighted by molar-refractivity contribution is 0.186. The molecule has 0 spiro atoms. The maximum absolute atomic E-state index is 12.8. The third-order valence-corrected chi connectivity index (χ3v) is 2.02. The Hall–Kier alpha value is -1.16. The minimum absolute atomic E-state index is 0.189. The molecule has 0 saturated carbocycles. The standard InChI is InChI=1S/C11H15F2NO/c1-11(2,6-14)7-15-10-4-8(12)3-9(13)5-10/h3-5H,6-7,14H2,1-2H3. The van der Waals surface area contributed by atoms with Gasteiger partial charge in [0.1, 0.15) is 17.4 Å². The first-order valence-electron chi connectivity index (χ1n) is 4.72. The van der Waals surface area contributed by atoms with Crippen LogP contribution in [0.1, 0.15) is 13.8 Å². The first-order chi connectivity index (χ1) is 6.93. The van der Waals surface area contributed by atoms with E-state index in [-0.39, 0.29) is 11.2 Å². The van der Waals surface area contributed by atoms with Crippen LogP contribution in [-0.2, 0) is 0 Å². The van der Waals surface area contributed by atoms with Crippen LogP contribution in [0, 0.1) is 17.0 Å². The number of benzene rings is 1. The van der Waals surface area contributed by atoms with E-state index in [1.165, 1.54) is 0 Å². The summed E-state index contributed by atoms with van der Waals surface area (Å²) in [5.74, 6) is -1.10. The molecule has 0 radical (unpaired) electrons. The van der Waals surface area contributed by atoms with E-state index in [4.69, 9.17) is 10.5 Å². The molecule has 1 rings (SSSR count). The van der Waals surface area contributed by atoms with Crippen molar-refractivity contribution in [3.05, 3.63) is 29.8 Å². The van der Waals surface area contributed by atoms with Gasteiger partial charge in [-0.2, -0.15) is 0 Å². The van der Waals surface area contributed by atoms with E-state index in [0.717, 1.165) is 18.2 Å². The van der Waals surface area contributed by atoms with Crippen LogP contribution < -0.4 is 10.5 Å². The van der Waals surface area contributed by atoms with Gasteiger partial charge in [-0.25, -0.2) is 8.78 Å². The van der Waals surface area contributed by atoms with Crippen LogP contribution >= 0.6 is 0 Å². The predicted octanol–water partition coefficient (Wildman–Crippen LogP) is 2.33. The zero-order chi connectivity index (χ0) is 11.5. The molecule has 0 aliphatic carbocycles. The second-order valence-corrected chi connectivity index (χ2v) is 4.26. The molecule has 0 unspecified atom stereocenters. The molecule has 0 saturated heterocycles. The molecule has 4 heteroatoms. The lowest BCUT2D eigenvalue weighted by Gasteiger charge is -2.22. The summed E-state index contributed by atoms with van der Waals surface area (Å²) in [4.78, 5) is 0. The van der Waals surface area contributed by atoms with Crippen molar-refractivity contribution in [2.45, 2.75) is 13.8 Å². The summed E-state index contributed by atoms with van der Waals surface area (Å²) >= 11 is 0. The molecule has 0 aliphatic heterocycles. The number of hydrogen-bond donors (Lipinski definition) is 1. The number of rotatable bonds is 4. The van der Waals surface area contributed by atoms with Gasteiger partial charge in [-0.3, -0.25) is 0 Å². The van der Waals surface area contributed by atoms with Crippen molar-refractivity contribution in [2.24, 2.45) is 11.1 Å². The molecule has 0 fully saturated rings. The van der Waals surface area contributed by atoms with Crippen molar-refractivity contribution in [3.63, 3.8) is 0 Å². The Balaban J connectivity index is 2.65. The number of hydrogen-bond acceptors (Lipinski definition) is 2. The molecule has 1 aromatic rings. The van der Waals surface area contributed by atoms with E-state index < -0.39 is 11.6 Å². The second-order valence-electron chi connectivity index (χ2n) is 4.26. The highest BCUT2D eigenvalue weighted by Crippen LogP contribution is 2.19. The fourth-order valence-electron chi connectivity index (χ4n) is 0.949. The van der Waals surface area contributed by atoms with E-state index >= 15 is 0 Å². The minimum atomic E-state index is -0.643. The van der Waals surface area contributed by atoms with Crippen molar-refractivity contribution in [3.8, 4) is 5.75 Å². The summed E-state index contributed by atoms with van der Waals surface area (Å²) in [5, 5.41) is 0. The summed E-state index contributed by atoms with van der Waals surface area (Å²) < 4.78 is 30.8. The summed E-state index contributed by atoms with van der Waals surface area (Å²) in [5.41, 5.74) is 5.30. The highest BCUT2D eigenvalue weighted by molar-refractivity contribution is 5.23. The average Bonchev–Trinajstić information content (AvgIpc) is 2.14. The monoisotopic (exact) mass is 215 g/mol. The minimum Gasteiger partial charge on any atom is -0.493 e. The van der Waals surface area contributed by atoms with E-state index in [2.05, 4.69) is 0 Å². The smallest absolute Gasteiger partial charge is 0.129 e. The quantitative estimate of drug-likeness (QED) is 0.836. The highest BCUT2D eigenvalue weighted by Gasteiger charge is 2.16. The van der Waals surface area contributed by atoms with Crippen molar-refractivity contribution in [2.75, 3.05) is 13.2 Å². The molecule has 15 heavy (non-hydrogen) atoms. The van der Waals surface area contributed by atoms with E-state index in [1.54, 1.807) is 0 Å². The van der Waals surface area contributed by atoms with Crippen LogP contribution in [0.5, 0.6) is 5.75 Å². The molecule has 0 bridgehead atoms. The van der Waals surface area contributed by atoms with Gasteiger partial charge in [0.15, 0.2) is 0 Å². The van der Waals surface area contributed by atoms with E-state index in [0.29, 0.717) is 13.2 Å². The van der Waals surface area contributed by atoms with Crippen LogP contribution in [0.4, 0.5) is 8.78 Å². The Kier molecular flexibility index (Phi) is 3.63. The molecule has 1 aromatic carbocycles. The SMILES string of the molecule is CC(C)(CN)COc1cc(F)cc(F)c1. The first-order valence-corrected chi connectivity index (χ1v) is 4.72. The fraction of sp³-hybridized carbons (Fsp3) is 0.455. The van der Waals surface area contributed by atoms with Gasteiger partial charge in [0, 0.05) is 30.2 Å². The summed E-state index contributed by atoms with van der Waals surface area (Å²) in [6, 6.07) is 3.10. The van der Waals surface area contributed by atoms with Crippen molar-refractivity contribution < 1.29 is 13.5 Å². The topological polar surface area (TPSA) is 35.2 Å². The normalized spacial score (nSPS) is 11.5. The Morgan fingerprint density at radius 3 is 2.20 bits per heavy atom. The van der Waals surface area contributed by atoms with Crippen LogP contribution in [0.2, 0.25) is 0 Å². The van der Waals surface area contributed by atoms with Crippen molar-refractivity contribution in [1.82, 2.24) is 0 Å². The number of halogens is 2. The average molecular weight is 215 g/mol. The van der Waals surface area contributed by atoms with Gasteiger partial charge in [0.2, 0.25) is 0 Å². The molecule has 84 valence electrons. The third-order valence-electron chi connectivity index (χ3n) is 2.02. The Labute approximate surface area is 88.0 Å². The molecule has 0 aliphatic rings. The van der Waals surface area contributed by atoms with Crippen molar-refractivity contribution >= 4 is 0 Å². The largest absolute Gasteiger partial charge is 0.493 e. The zero-order valence-electron chi connectivity index (χ0n) is 8.89. The van der Waals surface area contributed by atoms with E-state index in [1.807, 2.05) is 13.8 Å². The number of ether oxygens (including phenoxy) is 1. The van der Waals surface area contributed by atoms with Gasteiger partial charge in [-0.1, -0.05) is 13.8 Å². The fourth-order valence-corrected chi connectivity index (χ4v) is 0.949. The molecule has 0 heterocycles. The second kappa shape index (κ2) is 4.57. The Bertz CT molecular complexity index is 319. The molecular weight excluding hydrogens is 200 g/mol. The lowest BCUT2D eigenvalue weighted by Crippen LogP contribution is -2.30. The molecular formula is C11H15F2NO. The van der Waals surface area contributed by atoms with Crippen LogP contribution in [0.3, 0.4) is 0 Å². The van der Waals surface area contributed by atoms with Gasteiger partial charge >= 0.3 is 0 Å². The first kappa shape index (κ1) is 11.9. The molecule has 2 N–H and O–H groups in total. The Morgan fingerprint density at radius 1 is 1.20 bits per heavy atom. The van der Waals surface area contributed by atoms with Gasteiger partial charge in [0.05, 0.1) is 6.61 Å². The van der Waals surface area contributed by atoms with Gasteiger partial charge in [-0.05, 0) is 0 Å². The highest BCUT2D eigenvalue weighted by atomic mass is 19.1. The van der Waals surface area contributed by atoms with Crippen molar-refractivity contribution in [1.29, 1.82) is 0 Å². The Morgan fingerprint density at radius 2 is 1.73 bits per heavy atom. The van der Waals surface area contributed by atoms with Crippen LogP contribution in [0.15, 0.2) is 18.2 Å². The van der Waals surface area contributed by atoms with Gasteiger partial charge in [0.25, 0.3) is 0 Å². The molecule has 2 nitrogen and oxygen atoms in total. The molecule has 0 atom stereocenters. The number of nitrogens with two attached hydrogens (primary N) is 1. The van der Waals surface area contributed by atoms with Crippen LogP contribution in [0.25, 0.3) is 0 Å². The van der Waals surface area contributed by atoms with Gasteiger partial charge < -0.3 is 10.5 Å². The summed E-state index contributed by atoms with van der Waals surface area (Å²) in [6.07, 6.45) is 0. The summed E-state index contributed by atoms with van der Waals surface area (Å²) in [7, 11) is 0. The lowest BCUT2D eigenvalue weighted by atomic mass is 9.95. The van der Waals surface area contributed by atoms with E-state index in [9.17, 15) is 8.78 Å². The summed E-state index contributed by atoms with van der Waals surface area (Å²) in [6.45, 7) is 4.61.